The Labute approximate surface area is 219 Å². The number of carbonyl (C=O) groups is 1. The summed E-state index contributed by atoms with van der Waals surface area (Å²) < 4.78 is 59.7. The first kappa shape index (κ1) is 26.4. The zero-order valence-corrected chi connectivity index (χ0v) is 21.8. The lowest BCUT2D eigenvalue weighted by Crippen LogP contribution is -2.40. The molecular formula is C23H21Cl2N3O6S2. The molecule has 190 valence electrons. The Morgan fingerprint density at radius 3 is 1.97 bits per heavy atom. The Kier molecular flexibility index (Phi) is 7.88. The smallest absolute Gasteiger partial charge is 0.261 e. The van der Waals surface area contributed by atoms with Gasteiger partial charge in [-0.05, 0) is 66.7 Å². The highest BCUT2D eigenvalue weighted by Crippen LogP contribution is 2.27. The maximum atomic E-state index is 12.7. The van der Waals surface area contributed by atoms with Gasteiger partial charge in [-0.25, -0.2) is 16.8 Å². The van der Waals surface area contributed by atoms with Crippen molar-refractivity contribution in [1.82, 2.24) is 4.31 Å². The van der Waals surface area contributed by atoms with E-state index in [4.69, 9.17) is 27.9 Å². The first-order valence-corrected chi connectivity index (χ1v) is 14.3. The van der Waals surface area contributed by atoms with Crippen LogP contribution in [0.2, 0.25) is 10.0 Å². The van der Waals surface area contributed by atoms with E-state index in [1.165, 1.54) is 71.0 Å². The van der Waals surface area contributed by atoms with E-state index in [9.17, 15) is 21.6 Å². The number of ether oxygens (including phenoxy) is 1. The van der Waals surface area contributed by atoms with E-state index < -0.39 is 26.0 Å². The summed E-state index contributed by atoms with van der Waals surface area (Å²) >= 11 is 11.8. The van der Waals surface area contributed by atoms with Crippen molar-refractivity contribution < 1.29 is 26.4 Å². The number of morpholine rings is 1. The summed E-state index contributed by atoms with van der Waals surface area (Å²) in [4.78, 5) is 12.7. The lowest BCUT2D eigenvalue weighted by molar-refractivity contribution is 0.0730. The number of rotatable bonds is 7. The zero-order valence-electron chi connectivity index (χ0n) is 18.6. The van der Waals surface area contributed by atoms with E-state index in [-0.39, 0.29) is 39.2 Å². The van der Waals surface area contributed by atoms with Crippen LogP contribution in [0.1, 0.15) is 10.4 Å². The summed E-state index contributed by atoms with van der Waals surface area (Å²) in [5.41, 5.74) is 0.855. The molecule has 36 heavy (non-hydrogen) atoms. The third-order valence-corrected chi connectivity index (χ3v) is 9.37. The molecule has 4 rings (SSSR count). The van der Waals surface area contributed by atoms with Crippen molar-refractivity contribution in [3.8, 4) is 0 Å². The molecule has 3 aromatic carbocycles. The summed E-state index contributed by atoms with van der Waals surface area (Å²) in [5, 5.41) is 3.17. The van der Waals surface area contributed by atoms with Gasteiger partial charge in [-0.3, -0.25) is 9.52 Å². The Balaban J connectivity index is 1.42. The molecule has 0 aromatic heterocycles. The molecule has 0 bridgehead atoms. The molecule has 1 aliphatic rings. The van der Waals surface area contributed by atoms with Gasteiger partial charge in [0.1, 0.15) is 0 Å². The van der Waals surface area contributed by atoms with Crippen LogP contribution >= 0.6 is 23.2 Å². The van der Waals surface area contributed by atoms with Gasteiger partial charge in [0.15, 0.2) is 0 Å². The van der Waals surface area contributed by atoms with Gasteiger partial charge in [0.2, 0.25) is 10.0 Å². The van der Waals surface area contributed by atoms with Gasteiger partial charge >= 0.3 is 0 Å². The maximum Gasteiger partial charge on any atom is 0.261 e. The Morgan fingerprint density at radius 1 is 0.778 bits per heavy atom. The van der Waals surface area contributed by atoms with E-state index in [1.807, 2.05) is 0 Å². The molecule has 1 fully saturated rings. The zero-order chi connectivity index (χ0) is 25.9. The predicted molar refractivity (Wildman–Crippen MR) is 138 cm³/mol. The number of sulfonamides is 2. The monoisotopic (exact) mass is 569 g/mol. The summed E-state index contributed by atoms with van der Waals surface area (Å²) in [6.45, 7) is 1.23. The summed E-state index contributed by atoms with van der Waals surface area (Å²) in [7, 11) is -7.57. The molecule has 1 amide bonds. The molecule has 0 aliphatic carbocycles. The van der Waals surface area contributed by atoms with Crippen LogP contribution in [0, 0.1) is 0 Å². The number of hydrogen-bond donors (Lipinski definition) is 2. The van der Waals surface area contributed by atoms with Gasteiger partial charge in [0.25, 0.3) is 15.9 Å². The molecule has 9 nitrogen and oxygen atoms in total. The molecule has 2 N–H and O–H groups in total. The van der Waals surface area contributed by atoms with Gasteiger partial charge < -0.3 is 10.1 Å². The second-order valence-electron chi connectivity index (χ2n) is 7.75. The summed E-state index contributed by atoms with van der Waals surface area (Å²) in [6.07, 6.45) is 0. The average molecular weight is 570 g/mol. The third kappa shape index (κ3) is 6.00. The van der Waals surface area contributed by atoms with Gasteiger partial charge in [-0.15, -0.1) is 0 Å². The molecule has 3 aromatic rings. The molecule has 1 saturated heterocycles. The van der Waals surface area contributed by atoms with E-state index in [1.54, 1.807) is 0 Å². The molecule has 1 aliphatic heterocycles. The SMILES string of the molecule is O=C(Nc1ccc(S(=O)(=O)Nc2ccc(Cl)c(Cl)c2)cc1)c1ccc(S(=O)(=O)N2CCOCC2)cc1. The van der Waals surface area contributed by atoms with Gasteiger partial charge in [-0.2, -0.15) is 4.31 Å². The second-order valence-corrected chi connectivity index (χ2v) is 12.2. The predicted octanol–water partition coefficient (Wildman–Crippen LogP) is 4.07. The number of amides is 1. The molecule has 0 spiro atoms. The molecule has 0 atom stereocenters. The van der Waals surface area contributed by atoms with Crippen LogP contribution in [-0.2, 0) is 24.8 Å². The van der Waals surface area contributed by atoms with E-state index in [0.29, 0.717) is 23.9 Å². The lowest BCUT2D eigenvalue weighted by Gasteiger charge is -2.26. The van der Waals surface area contributed by atoms with Crippen LogP contribution < -0.4 is 10.0 Å². The highest BCUT2D eigenvalue weighted by atomic mass is 35.5. The first-order valence-electron chi connectivity index (χ1n) is 10.6. The summed E-state index contributed by atoms with van der Waals surface area (Å²) in [5.74, 6) is -0.477. The maximum absolute atomic E-state index is 12.7. The number of nitrogens with one attached hydrogen (secondary N) is 2. The molecule has 13 heteroatoms. The largest absolute Gasteiger partial charge is 0.379 e. The van der Waals surface area contributed by atoms with Crippen molar-refractivity contribution in [2.24, 2.45) is 0 Å². The minimum atomic E-state index is -3.90. The average Bonchev–Trinajstić information content (AvgIpc) is 2.87. The van der Waals surface area contributed by atoms with Crippen molar-refractivity contribution in [1.29, 1.82) is 0 Å². The highest BCUT2D eigenvalue weighted by Gasteiger charge is 2.26. The van der Waals surface area contributed by atoms with E-state index >= 15 is 0 Å². The molecule has 1 heterocycles. The fourth-order valence-corrected chi connectivity index (χ4v) is 6.16. The number of halogens is 2. The number of benzene rings is 3. The Bertz CT molecular complexity index is 1470. The van der Waals surface area contributed by atoms with Gasteiger partial charge in [0.05, 0.1) is 38.7 Å². The topological polar surface area (TPSA) is 122 Å². The van der Waals surface area contributed by atoms with Crippen molar-refractivity contribution in [3.63, 3.8) is 0 Å². The van der Waals surface area contributed by atoms with Gasteiger partial charge in [0, 0.05) is 24.3 Å². The second kappa shape index (κ2) is 10.8. The number of anilines is 2. The van der Waals surface area contributed by atoms with Crippen molar-refractivity contribution in [2.75, 3.05) is 36.3 Å². The van der Waals surface area contributed by atoms with Crippen molar-refractivity contribution in [2.45, 2.75) is 9.79 Å². The normalized spacial score (nSPS) is 14.8. The minimum absolute atomic E-state index is 0.0238. The third-order valence-electron chi connectivity index (χ3n) is 5.32. The quantitative estimate of drug-likeness (QED) is 0.442. The van der Waals surface area contributed by atoms with Crippen molar-refractivity contribution >= 4 is 60.5 Å². The number of hydrogen-bond acceptors (Lipinski definition) is 6. The van der Waals surface area contributed by atoms with E-state index in [0.717, 1.165) is 0 Å². The van der Waals surface area contributed by atoms with E-state index in [2.05, 4.69) is 10.0 Å². The van der Waals surface area contributed by atoms with Crippen LogP contribution in [0.15, 0.2) is 76.5 Å². The number of carbonyl (C=O) groups excluding carboxylic acids is 1. The Morgan fingerprint density at radius 2 is 1.36 bits per heavy atom. The van der Waals surface area contributed by atoms with Crippen LogP contribution in [0.3, 0.4) is 0 Å². The highest BCUT2D eigenvalue weighted by molar-refractivity contribution is 7.92. The first-order chi connectivity index (χ1) is 17.1. The van der Waals surface area contributed by atoms with Crippen molar-refractivity contribution in [3.05, 3.63) is 82.3 Å². The molecule has 0 unspecified atom stereocenters. The Hall–Kier alpha value is -2.67. The van der Waals surface area contributed by atoms with Crippen LogP contribution in [0.5, 0.6) is 0 Å². The molecule has 0 saturated carbocycles. The minimum Gasteiger partial charge on any atom is -0.379 e. The molecule has 0 radical (unpaired) electrons. The standard InChI is InChI=1S/C23H21Cl2N3O6S2/c24-21-10-5-18(15-22(21)25)27-35(30,31)19-8-3-17(4-9-19)26-23(29)16-1-6-20(7-2-16)36(32,33)28-11-13-34-14-12-28/h1-10,15,27H,11-14H2,(H,26,29). The van der Waals surface area contributed by atoms with Crippen LogP contribution in [-0.4, -0.2) is 53.4 Å². The summed E-state index contributed by atoms with van der Waals surface area (Å²) in [6, 6.07) is 15.5. The van der Waals surface area contributed by atoms with Gasteiger partial charge in [-0.1, -0.05) is 23.2 Å². The fourth-order valence-electron chi connectivity index (χ4n) is 3.41. The fraction of sp³-hybridized carbons (Fsp3) is 0.174. The molecular weight excluding hydrogens is 549 g/mol. The number of nitrogens with zero attached hydrogens (tertiary/aromatic N) is 1. The van der Waals surface area contributed by atoms with Crippen LogP contribution in [0.4, 0.5) is 11.4 Å². The van der Waals surface area contributed by atoms with Crippen LogP contribution in [0.25, 0.3) is 0 Å². The lowest BCUT2D eigenvalue weighted by atomic mass is 10.2.